The molecule has 4 nitrogen and oxygen atoms in total. The van der Waals surface area contributed by atoms with Gasteiger partial charge < -0.3 is 10.0 Å². The highest BCUT2D eigenvalue weighted by Crippen LogP contribution is 2.22. The van der Waals surface area contributed by atoms with Gasteiger partial charge in [-0.2, -0.15) is 0 Å². The summed E-state index contributed by atoms with van der Waals surface area (Å²) in [5, 5.41) is 10.9. The number of likely N-dealkylation sites (tertiary alicyclic amines) is 1. The van der Waals surface area contributed by atoms with Crippen molar-refractivity contribution in [3.8, 4) is 0 Å². The summed E-state index contributed by atoms with van der Waals surface area (Å²) in [6.07, 6.45) is 4.67. The van der Waals surface area contributed by atoms with Crippen molar-refractivity contribution >= 4 is 45.2 Å². The highest BCUT2D eigenvalue weighted by Gasteiger charge is 2.26. The van der Waals surface area contributed by atoms with Gasteiger partial charge in [0.15, 0.2) is 0 Å². The van der Waals surface area contributed by atoms with Crippen molar-refractivity contribution in [3.63, 3.8) is 0 Å². The van der Waals surface area contributed by atoms with E-state index in [0.717, 1.165) is 15.8 Å². The molecule has 1 unspecified atom stereocenters. The van der Waals surface area contributed by atoms with Crippen LogP contribution >= 0.6 is 27.3 Å². The highest BCUT2D eigenvalue weighted by atomic mass is 79.9. The maximum atomic E-state index is 12.0. The second-order valence-electron chi connectivity index (χ2n) is 4.48. The molecule has 1 aromatic rings. The SMILES string of the molecule is O=C(O)C1CCCN(C(=O)C=Cc2csc(Br)c2)C1. The minimum absolute atomic E-state index is 0.117. The van der Waals surface area contributed by atoms with Crippen LogP contribution in [0.25, 0.3) is 6.08 Å². The van der Waals surface area contributed by atoms with Crippen molar-refractivity contribution in [2.75, 3.05) is 13.1 Å². The molecule has 1 N–H and O–H groups in total. The number of carbonyl (C=O) groups is 2. The van der Waals surface area contributed by atoms with E-state index >= 15 is 0 Å². The monoisotopic (exact) mass is 343 g/mol. The van der Waals surface area contributed by atoms with Gasteiger partial charge in [-0.25, -0.2) is 0 Å². The fourth-order valence-corrected chi connectivity index (χ4v) is 3.21. The van der Waals surface area contributed by atoms with E-state index in [4.69, 9.17) is 5.11 Å². The molecule has 2 heterocycles. The van der Waals surface area contributed by atoms with Crippen molar-refractivity contribution in [2.24, 2.45) is 5.92 Å². The van der Waals surface area contributed by atoms with Crippen molar-refractivity contribution in [2.45, 2.75) is 12.8 Å². The van der Waals surface area contributed by atoms with Gasteiger partial charge in [-0.15, -0.1) is 11.3 Å². The minimum Gasteiger partial charge on any atom is -0.481 e. The summed E-state index contributed by atoms with van der Waals surface area (Å²) in [6.45, 7) is 0.951. The van der Waals surface area contributed by atoms with Gasteiger partial charge in [0.1, 0.15) is 0 Å². The number of carboxylic acids is 1. The third-order valence-electron chi connectivity index (χ3n) is 3.09. The predicted molar refractivity (Wildman–Crippen MR) is 78.0 cm³/mol. The number of piperidine rings is 1. The molecule has 1 atom stereocenters. The number of thiophene rings is 1. The van der Waals surface area contributed by atoms with E-state index in [1.54, 1.807) is 22.3 Å². The molecule has 0 aliphatic carbocycles. The Hall–Kier alpha value is -1.14. The van der Waals surface area contributed by atoms with Crippen LogP contribution in [0, 0.1) is 5.92 Å². The van der Waals surface area contributed by atoms with E-state index in [0.29, 0.717) is 19.5 Å². The van der Waals surface area contributed by atoms with Gasteiger partial charge in [-0.3, -0.25) is 9.59 Å². The van der Waals surface area contributed by atoms with Crippen molar-refractivity contribution in [1.82, 2.24) is 4.90 Å². The Morgan fingerprint density at radius 2 is 2.32 bits per heavy atom. The Kier molecular flexibility index (Phi) is 4.76. The lowest BCUT2D eigenvalue weighted by atomic mass is 9.98. The molecule has 1 aliphatic rings. The zero-order chi connectivity index (χ0) is 13.8. The molecule has 1 saturated heterocycles. The highest BCUT2D eigenvalue weighted by molar-refractivity contribution is 9.11. The molecule has 6 heteroatoms. The molecule has 0 radical (unpaired) electrons. The molecule has 19 heavy (non-hydrogen) atoms. The first-order valence-electron chi connectivity index (χ1n) is 6.00. The van der Waals surface area contributed by atoms with E-state index in [1.165, 1.54) is 6.08 Å². The second-order valence-corrected chi connectivity index (χ2v) is 6.77. The molecular weight excluding hydrogens is 330 g/mol. The van der Waals surface area contributed by atoms with Crippen LogP contribution in [0.15, 0.2) is 21.3 Å². The van der Waals surface area contributed by atoms with E-state index in [-0.39, 0.29) is 5.91 Å². The summed E-state index contributed by atoms with van der Waals surface area (Å²) in [5.41, 5.74) is 0.969. The Bertz CT molecular complexity index is 512. The topological polar surface area (TPSA) is 57.6 Å². The maximum Gasteiger partial charge on any atom is 0.308 e. The summed E-state index contributed by atoms with van der Waals surface area (Å²) < 4.78 is 1.02. The van der Waals surface area contributed by atoms with Crippen molar-refractivity contribution < 1.29 is 14.7 Å². The standard InChI is InChI=1S/C13H14BrNO3S/c14-11-6-9(8-19-11)3-4-12(16)15-5-1-2-10(7-15)13(17)18/h3-4,6,8,10H,1-2,5,7H2,(H,17,18). The summed E-state index contributed by atoms with van der Waals surface area (Å²) in [6, 6.07) is 1.94. The molecule has 0 spiro atoms. The van der Waals surface area contributed by atoms with Gasteiger partial charge in [0.05, 0.1) is 9.70 Å². The quantitative estimate of drug-likeness (QED) is 0.858. The number of hydrogen-bond donors (Lipinski definition) is 1. The van der Waals surface area contributed by atoms with E-state index in [1.807, 2.05) is 11.4 Å². The Balaban J connectivity index is 1.96. The number of rotatable bonds is 3. The molecule has 0 aromatic carbocycles. The van der Waals surface area contributed by atoms with E-state index < -0.39 is 11.9 Å². The predicted octanol–water partition coefficient (Wildman–Crippen LogP) is 2.85. The zero-order valence-corrected chi connectivity index (χ0v) is 12.6. The fourth-order valence-electron chi connectivity index (χ4n) is 2.06. The lowest BCUT2D eigenvalue weighted by molar-refractivity contribution is -0.144. The minimum atomic E-state index is -0.816. The van der Waals surface area contributed by atoms with Crippen LogP contribution in [0.3, 0.4) is 0 Å². The number of carbonyl (C=O) groups excluding carboxylic acids is 1. The molecule has 102 valence electrons. The van der Waals surface area contributed by atoms with Crippen LogP contribution in [0.4, 0.5) is 0 Å². The van der Waals surface area contributed by atoms with Gasteiger partial charge in [0, 0.05) is 19.2 Å². The third-order valence-corrected chi connectivity index (χ3v) is 4.61. The molecule has 1 aromatic heterocycles. The van der Waals surface area contributed by atoms with Crippen LogP contribution in [0.5, 0.6) is 0 Å². The average Bonchev–Trinajstić information content (AvgIpc) is 2.82. The number of amides is 1. The summed E-state index contributed by atoms with van der Waals surface area (Å²) in [7, 11) is 0. The van der Waals surface area contributed by atoms with Gasteiger partial charge in [-0.1, -0.05) is 0 Å². The van der Waals surface area contributed by atoms with E-state index in [9.17, 15) is 9.59 Å². The van der Waals surface area contributed by atoms with Crippen molar-refractivity contribution in [3.05, 3.63) is 26.9 Å². The number of carboxylic acid groups (broad SMARTS) is 1. The Labute approximate surface area is 123 Å². The van der Waals surface area contributed by atoms with Gasteiger partial charge >= 0.3 is 5.97 Å². The van der Waals surface area contributed by atoms with Crippen LogP contribution in [-0.4, -0.2) is 35.0 Å². The van der Waals surface area contributed by atoms with Gasteiger partial charge in [0.2, 0.25) is 5.91 Å². The number of hydrogen-bond acceptors (Lipinski definition) is 3. The molecule has 1 fully saturated rings. The average molecular weight is 344 g/mol. The first-order chi connectivity index (χ1) is 9.06. The largest absolute Gasteiger partial charge is 0.481 e. The van der Waals surface area contributed by atoms with Gasteiger partial charge in [-0.05, 0) is 51.9 Å². The van der Waals surface area contributed by atoms with Crippen LogP contribution in [0.2, 0.25) is 0 Å². The smallest absolute Gasteiger partial charge is 0.308 e. The van der Waals surface area contributed by atoms with Crippen molar-refractivity contribution in [1.29, 1.82) is 0 Å². The second kappa shape index (κ2) is 6.34. The summed E-state index contributed by atoms with van der Waals surface area (Å²) >= 11 is 4.92. The maximum absolute atomic E-state index is 12.0. The lowest BCUT2D eigenvalue weighted by Gasteiger charge is -2.29. The summed E-state index contributed by atoms with van der Waals surface area (Å²) in [5.74, 6) is -1.36. The van der Waals surface area contributed by atoms with Crippen LogP contribution < -0.4 is 0 Å². The zero-order valence-electron chi connectivity index (χ0n) is 10.2. The normalized spacial score (nSPS) is 19.8. The molecule has 0 bridgehead atoms. The Morgan fingerprint density at radius 1 is 1.53 bits per heavy atom. The first-order valence-corrected chi connectivity index (χ1v) is 7.67. The van der Waals surface area contributed by atoms with Crippen LogP contribution in [0.1, 0.15) is 18.4 Å². The van der Waals surface area contributed by atoms with Gasteiger partial charge in [0.25, 0.3) is 0 Å². The molecule has 2 rings (SSSR count). The number of halogens is 1. The molecule has 1 aliphatic heterocycles. The molecule has 0 saturated carbocycles. The van der Waals surface area contributed by atoms with E-state index in [2.05, 4.69) is 15.9 Å². The summed E-state index contributed by atoms with van der Waals surface area (Å²) in [4.78, 5) is 24.5. The first kappa shape index (κ1) is 14.3. The van der Waals surface area contributed by atoms with Crippen LogP contribution in [-0.2, 0) is 9.59 Å². The molecular formula is C13H14BrNO3S. The fraction of sp³-hybridized carbons (Fsp3) is 0.385. The molecule has 1 amide bonds. The third kappa shape index (κ3) is 3.91. The number of nitrogens with zero attached hydrogens (tertiary/aromatic N) is 1. The Morgan fingerprint density at radius 3 is 2.95 bits per heavy atom. The lowest BCUT2D eigenvalue weighted by Crippen LogP contribution is -2.41. The number of aliphatic carboxylic acids is 1.